The summed E-state index contributed by atoms with van der Waals surface area (Å²) in [7, 11) is 1.98. The average Bonchev–Trinajstić information content (AvgIpc) is 2.70. The van der Waals surface area contributed by atoms with E-state index in [0.717, 1.165) is 12.2 Å². The van der Waals surface area contributed by atoms with Crippen LogP contribution in [0, 0.1) is 0 Å². The molecule has 0 aliphatic heterocycles. The number of amides is 1. The Hall–Kier alpha value is -3.34. The van der Waals surface area contributed by atoms with Gasteiger partial charge in [0.1, 0.15) is 5.75 Å². The van der Waals surface area contributed by atoms with E-state index >= 15 is 0 Å². The first-order chi connectivity index (χ1) is 13.2. The standard InChI is InChI=1S/C22H23N3O2/c1-3-27-21-12-8-7-11-20(21)24-22(26)18-13-19(15-23-14-18)25(2)16-17-9-5-4-6-10-17/h4-15H,3,16H2,1-2H3,(H,24,26). The molecule has 1 heterocycles. The highest BCUT2D eigenvalue weighted by Gasteiger charge is 2.12. The fraction of sp³-hybridized carbons (Fsp3) is 0.182. The number of para-hydroxylation sites is 2. The smallest absolute Gasteiger partial charge is 0.257 e. The third kappa shape index (κ3) is 4.85. The van der Waals surface area contributed by atoms with Crippen LogP contribution in [0.3, 0.4) is 0 Å². The molecule has 1 N–H and O–H groups in total. The van der Waals surface area contributed by atoms with E-state index < -0.39 is 0 Å². The van der Waals surface area contributed by atoms with E-state index in [2.05, 4.69) is 27.3 Å². The van der Waals surface area contributed by atoms with Gasteiger partial charge in [0, 0.05) is 19.8 Å². The van der Waals surface area contributed by atoms with E-state index in [-0.39, 0.29) is 5.91 Å². The van der Waals surface area contributed by atoms with Gasteiger partial charge in [0.15, 0.2) is 0 Å². The van der Waals surface area contributed by atoms with E-state index in [1.165, 1.54) is 5.56 Å². The summed E-state index contributed by atoms with van der Waals surface area (Å²) in [4.78, 5) is 19.0. The summed E-state index contributed by atoms with van der Waals surface area (Å²) in [5, 5.41) is 2.91. The molecule has 5 heteroatoms. The van der Waals surface area contributed by atoms with Gasteiger partial charge in [-0.3, -0.25) is 9.78 Å². The summed E-state index contributed by atoms with van der Waals surface area (Å²) < 4.78 is 5.56. The van der Waals surface area contributed by atoms with Crippen LogP contribution < -0.4 is 15.0 Å². The first-order valence-electron chi connectivity index (χ1n) is 8.90. The van der Waals surface area contributed by atoms with Crippen molar-refractivity contribution in [2.75, 3.05) is 23.9 Å². The second kappa shape index (κ2) is 8.85. The summed E-state index contributed by atoms with van der Waals surface area (Å²) >= 11 is 0. The molecule has 3 aromatic rings. The molecule has 0 aliphatic rings. The predicted molar refractivity (Wildman–Crippen MR) is 108 cm³/mol. The van der Waals surface area contributed by atoms with Crippen LogP contribution in [-0.4, -0.2) is 24.5 Å². The third-order valence-corrected chi connectivity index (χ3v) is 4.12. The van der Waals surface area contributed by atoms with Crippen LogP contribution in [0.4, 0.5) is 11.4 Å². The average molecular weight is 361 g/mol. The van der Waals surface area contributed by atoms with Gasteiger partial charge in [0.2, 0.25) is 0 Å². The SMILES string of the molecule is CCOc1ccccc1NC(=O)c1cncc(N(C)Cc2ccccc2)c1. The van der Waals surface area contributed by atoms with Crippen molar-refractivity contribution < 1.29 is 9.53 Å². The number of carbonyl (C=O) groups is 1. The molecule has 5 nitrogen and oxygen atoms in total. The number of aromatic nitrogens is 1. The lowest BCUT2D eigenvalue weighted by atomic mass is 10.2. The molecule has 2 aromatic carbocycles. The number of rotatable bonds is 7. The molecule has 1 aromatic heterocycles. The van der Waals surface area contributed by atoms with Gasteiger partial charge >= 0.3 is 0 Å². The minimum absolute atomic E-state index is 0.218. The number of pyridine rings is 1. The minimum Gasteiger partial charge on any atom is -0.492 e. The first-order valence-corrected chi connectivity index (χ1v) is 8.90. The summed E-state index contributed by atoms with van der Waals surface area (Å²) in [5.41, 5.74) is 3.22. The summed E-state index contributed by atoms with van der Waals surface area (Å²) in [6, 6.07) is 19.4. The fourth-order valence-electron chi connectivity index (χ4n) is 2.76. The van der Waals surface area contributed by atoms with Crippen LogP contribution in [0.1, 0.15) is 22.8 Å². The van der Waals surface area contributed by atoms with Crippen molar-refractivity contribution in [2.45, 2.75) is 13.5 Å². The van der Waals surface area contributed by atoms with Gasteiger partial charge in [-0.05, 0) is 30.7 Å². The van der Waals surface area contributed by atoms with E-state index in [1.807, 2.05) is 62.5 Å². The van der Waals surface area contributed by atoms with Crippen molar-refractivity contribution in [3.63, 3.8) is 0 Å². The second-order valence-corrected chi connectivity index (χ2v) is 6.16. The topological polar surface area (TPSA) is 54.5 Å². The van der Waals surface area contributed by atoms with Gasteiger partial charge < -0.3 is 15.0 Å². The molecule has 0 saturated carbocycles. The molecule has 0 aliphatic carbocycles. The molecule has 3 rings (SSSR count). The first kappa shape index (κ1) is 18.5. The van der Waals surface area contributed by atoms with Crippen LogP contribution in [0.25, 0.3) is 0 Å². The number of carbonyl (C=O) groups excluding carboxylic acids is 1. The summed E-state index contributed by atoms with van der Waals surface area (Å²) in [6.07, 6.45) is 3.33. The van der Waals surface area contributed by atoms with Crippen molar-refractivity contribution >= 4 is 17.3 Å². The molecule has 27 heavy (non-hydrogen) atoms. The van der Waals surface area contributed by atoms with Crippen molar-refractivity contribution in [1.82, 2.24) is 4.98 Å². The van der Waals surface area contributed by atoms with Gasteiger partial charge in [-0.15, -0.1) is 0 Å². The summed E-state index contributed by atoms with van der Waals surface area (Å²) in [5.74, 6) is 0.434. The number of nitrogens with one attached hydrogen (secondary N) is 1. The molecule has 0 atom stereocenters. The number of nitrogens with zero attached hydrogens (tertiary/aromatic N) is 2. The molecular formula is C22H23N3O2. The Morgan fingerprint density at radius 1 is 1.07 bits per heavy atom. The Morgan fingerprint density at radius 3 is 2.59 bits per heavy atom. The monoisotopic (exact) mass is 361 g/mol. The maximum Gasteiger partial charge on any atom is 0.257 e. The highest BCUT2D eigenvalue weighted by Crippen LogP contribution is 2.24. The maximum absolute atomic E-state index is 12.7. The van der Waals surface area contributed by atoms with E-state index in [4.69, 9.17) is 4.74 Å². The maximum atomic E-state index is 12.7. The third-order valence-electron chi connectivity index (χ3n) is 4.12. The van der Waals surface area contributed by atoms with Crippen molar-refractivity contribution in [1.29, 1.82) is 0 Å². The Kier molecular flexibility index (Phi) is 6.05. The van der Waals surface area contributed by atoms with Crippen LogP contribution in [-0.2, 0) is 6.54 Å². The van der Waals surface area contributed by atoms with Gasteiger partial charge in [0.05, 0.1) is 29.7 Å². The Morgan fingerprint density at radius 2 is 1.81 bits per heavy atom. The zero-order valence-corrected chi connectivity index (χ0v) is 15.6. The van der Waals surface area contributed by atoms with Gasteiger partial charge in [-0.2, -0.15) is 0 Å². The lowest BCUT2D eigenvalue weighted by Crippen LogP contribution is -2.18. The second-order valence-electron chi connectivity index (χ2n) is 6.16. The van der Waals surface area contributed by atoms with E-state index in [9.17, 15) is 4.79 Å². The molecule has 1 amide bonds. The van der Waals surface area contributed by atoms with E-state index in [1.54, 1.807) is 12.4 Å². The van der Waals surface area contributed by atoms with Crippen molar-refractivity contribution in [3.05, 3.63) is 84.2 Å². The number of hydrogen-bond donors (Lipinski definition) is 1. The summed E-state index contributed by atoms with van der Waals surface area (Å²) in [6.45, 7) is 3.18. The Balaban J connectivity index is 1.74. The van der Waals surface area contributed by atoms with E-state index in [0.29, 0.717) is 23.6 Å². The number of anilines is 2. The highest BCUT2D eigenvalue weighted by molar-refractivity contribution is 6.05. The molecule has 0 fully saturated rings. The lowest BCUT2D eigenvalue weighted by Gasteiger charge is -2.19. The van der Waals surface area contributed by atoms with Crippen LogP contribution in [0.15, 0.2) is 73.1 Å². The molecule has 0 bridgehead atoms. The molecule has 0 spiro atoms. The minimum atomic E-state index is -0.218. The predicted octanol–water partition coefficient (Wildman–Crippen LogP) is 4.37. The van der Waals surface area contributed by atoms with Crippen LogP contribution in [0.5, 0.6) is 5.75 Å². The lowest BCUT2D eigenvalue weighted by molar-refractivity contribution is 0.102. The zero-order chi connectivity index (χ0) is 19.1. The van der Waals surface area contributed by atoms with Crippen LogP contribution >= 0.6 is 0 Å². The largest absolute Gasteiger partial charge is 0.492 e. The molecule has 138 valence electrons. The quantitative estimate of drug-likeness (QED) is 0.679. The number of ether oxygens (including phenoxy) is 1. The Labute approximate surface area is 159 Å². The van der Waals surface area contributed by atoms with Crippen molar-refractivity contribution in [2.24, 2.45) is 0 Å². The molecular weight excluding hydrogens is 338 g/mol. The normalized spacial score (nSPS) is 10.3. The number of hydrogen-bond acceptors (Lipinski definition) is 4. The Bertz CT molecular complexity index is 897. The zero-order valence-electron chi connectivity index (χ0n) is 15.6. The highest BCUT2D eigenvalue weighted by atomic mass is 16.5. The fourth-order valence-corrected chi connectivity index (χ4v) is 2.76. The van der Waals surface area contributed by atoms with Crippen LogP contribution in [0.2, 0.25) is 0 Å². The van der Waals surface area contributed by atoms with Crippen molar-refractivity contribution in [3.8, 4) is 5.75 Å². The molecule has 0 saturated heterocycles. The van der Waals surface area contributed by atoms with Gasteiger partial charge in [-0.1, -0.05) is 42.5 Å². The van der Waals surface area contributed by atoms with Gasteiger partial charge in [-0.25, -0.2) is 0 Å². The molecule has 0 radical (unpaired) electrons. The van der Waals surface area contributed by atoms with Gasteiger partial charge in [0.25, 0.3) is 5.91 Å². The number of benzene rings is 2. The molecule has 0 unspecified atom stereocenters.